The summed E-state index contributed by atoms with van der Waals surface area (Å²) in [6, 6.07) is -0.513. The minimum atomic E-state index is -1.07. The zero-order chi connectivity index (χ0) is 8.59. The lowest BCUT2D eigenvalue weighted by molar-refractivity contribution is 0.118. The number of hydrogen-bond acceptors (Lipinski definition) is 3. The highest BCUT2D eigenvalue weighted by atomic mass is 16.3. The van der Waals surface area contributed by atoms with Crippen molar-refractivity contribution in [3.63, 3.8) is 0 Å². The minimum absolute atomic E-state index is 0.193. The van der Waals surface area contributed by atoms with Crippen LogP contribution in [0.4, 0.5) is 4.79 Å². The van der Waals surface area contributed by atoms with E-state index in [1.165, 1.54) is 14.0 Å². The van der Waals surface area contributed by atoms with Crippen LogP contribution < -0.4 is 5.32 Å². The third kappa shape index (κ3) is 1.14. The summed E-state index contributed by atoms with van der Waals surface area (Å²) >= 11 is 0. The molecule has 1 heterocycles. The molecule has 0 radical (unpaired) electrons. The monoisotopic (exact) mass is 158 g/mol. The summed E-state index contributed by atoms with van der Waals surface area (Å²) in [4.78, 5) is 11.9. The van der Waals surface area contributed by atoms with Gasteiger partial charge in [-0.15, -0.1) is 0 Å². The van der Waals surface area contributed by atoms with Gasteiger partial charge in [0, 0.05) is 12.6 Å². The van der Waals surface area contributed by atoms with E-state index >= 15 is 0 Å². The Hall–Kier alpha value is -1.23. The zero-order valence-corrected chi connectivity index (χ0v) is 6.33. The molecule has 5 heteroatoms. The third-order valence-electron chi connectivity index (χ3n) is 1.65. The topological polar surface area (TPSA) is 72.8 Å². The molecule has 0 aromatic carbocycles. The molecule has 11 heavy (non-hydrogen) atoms. The Morgan fingerprint density at radius 1 is 1.64 bits per heavy atom. The normalized spacial score (nSPS) is 25.5. The highest BCUT2D eigenvalue weighted by Gasteiger charge is 2.26. The van der Waals surface area contributed by atoms with Gasteiger partial charge in [-0.05, 0) is 6.92 Å². The Balaban J connectivity index is 2.98. The van der Waals surface area contributed by atoms with Crippen LogP contribution in [-0.2, 0) is 0 Å². The van der Waals surface area contributed by atoms with Gasteiger partial charge in [-0.3, -0.25) is 4.90 Å². The molecule has 62 valence electrons. The van der Waals surface area contributed by atoms with Gasteiger partial charge in [0.1, 0.15) is 0 Å². The van der Waals surface area contributed by atoms with Crippen molar-refractivity contribution in [2.24, 2.45) is 0 Å². The van der Waals surface area contributed by atoms with Crippen molar-refractivity contribution in [3.05, 3.63) is 11.5 Å². The summed E-state index contributed by atoms with van der Waals surface area (Å²) in [6.45, 7) is 1.54. The van der Waals surface area contributed by atoms with Crippen molar-refractivity contribution in [1.82, 2.24) is 10.2 Å². The van der Waals surface area contributed by atoms with Crippen molar-refractivity contribution < 1.29 is 15.0 Å². The van der Waals surface area contributed by atoms with E-state index < -0.39 is 12.3 Å². The molecular weight excluding hydrogens is 148 g/mol. The Morgan fingerprint density at radius 2 is 2.18 bits per heavy atom. The summed E-state index contributed by atoms with van der Waals surface area (Å²) < 4.78 is 0. The van der Waals surface area contributed by atoms with Crippen LogP contribution in [0.5, 0.6) is 0 Å². The fourth-order valence-corrected chi connectivity index (χ4v) is 0.805. The molecule has 0 saturated heterocycles. The van der Waals surface area contributed by atoms with Crippen LogP contribution in [0.15, 0.2) is 11.5 Å². The summed E-state index contributed by atoms with van der Waals surface area (Å²) in [5.74, 6) is -0.193. The van der Waals surface area contributed by atoms with Crippen LogP contribution in [0.25, 0.3) is 0 Å². The lowest BCUT2D eigenvalue weighted by Crippen LogP contribution is -2.48. The van der Waals surface area contributed by atoms with Crippen LogP contribution in [0.2, 0.25) is 0 Å². The molecule has 0 aliphatic carbocycles. The number of rotatable bonds is 0. The van der Waals surface area contributed by atoms with E-state index in [1.807, 2.05) is 0 Å². The molecule has 0 aromatic rings. The molecular formula is C6H10N2O3. The molecule has 3 N–H and O–H groups in total. The number of carbonyl (C=O) groups excluding carboxylic acids is 1. The number of carbonyl (C=O) groups is 1. The quantitative estimate of drug-likeness (QED) is 0.455. The average Bonchev–Trinajstić information content (AvgIpc) is 1.97. The van der Waals surface area contributed by atoms with Crippen LogP contribution in [-0.4, -0.2) is 34.4 Å². The first-order chi connectivity index (χ1) is 5.04. The summed E-state index contributed by atoms with van der Waals surface area (Å²) in [5.41, 5.74) is 0.340. The molecule has 0 saturated carbocycles. The Labute approximate surface area is 63.9 Å². The number of nitrogens with one attached hydrogen (secondary N) is 1. The maximum Gasteiger partial charge on any atom is 0.326 e. The lowest BCUT2D eigenvalue weighted by Gasteiger charge is -2.27. The van der Waals surface area contributed by atoms with Crippen molar-refractivity contribution >= 4 is 6.03 Å². The molecule has 1 aliphatic rings. The first-order valence-electron chi connectivity index (χ1n) is 3.16. The molecule has 1 unspecified atom stereocenters. The Morgan fingerprint density at radius 3 is 2.73 bits per heavy atom. The van der Waals surface area contributed by atoms with Gasteiger partial charge in [-0.25, -0.2) is 4.79 Å². The van der Waals surface area contributed by atoms with Gasteiger partial charge >= 0.3 is 6.03 Å². The molecule has 1 rings (SSSR count). The van der Waals surface area contributed by atoms with E-state index in [0.29, 0.717) is 5.57 Å². The van der Waals surface area contributed by atoms with E-state index in [1.54, 1.807) is 0 Å². The second-order valence-corrected chi connectivity index (χ2v) is 2.42. The number of amides is 2. The smallest absolute Gasteiger partial charge is 0.326 e. The number of urea groups is 1. The second kappa shape index (κ2) is 2.43. The number of nitrogens with zero attached hydrogens (tertiary/aromatic N) is 1. The van der Waals surface area contributed by atoms with Gasteiger partial charge in [-0.1, -0.05) is 0 Å². The van der Waals surface area contributed by atoms with Crippen LogP contribution in [0.1, 0.15) is 6.92 Å². The average molecular weight is 158 g/mol. The molecule has 2 amide bonds. The van der Waals surface area contributed by atoms with E-state index in [0.717, 1.165) is 4.90 Å². The fraction of sp³-hybridized carbons (Fsp3) is 0.500. The minimum Gasteiger partial charge on any atom is -0.494 e. The maximum atomic E-state index is 10.8. The molecule has 5 nitrogen and oxygen atoms in total. The van der Waals surface area contributed by atoms with Gasteiger partial charge in [0.2, 0.25) is 0 Å². The van der Waals surface area contributed by atoms with Gasteiger partial charge in [-0.2, -0.15) is 0 Å². The highest BCUT2D eigenvalue weighted by Crippen LogP contribution is 2.13. The highest BCUT2D eigenvalue weighted by molar-refractivity contribution is 5.77. The second-order valence-electron chi connectivity index (χ2n) is 2.42. The largest absolute Gasteiger partial charge is 0.494 e. The van der Waals surface area contributed by atoms with Gasteiger partial charge < -0.3 is 15.5 Å². The third-order valence-corrected chi connectivity index (χ3v) is 1.65. The lowest BCUT2D eigenvalue weighted by atomic mass is 10.2. The Kier molecular flexibility index (Phi) is 1.74. The predicted octanol–water partition coefficient (Wildman–Crippen LogP) is -0.251. The standard InChI is InChI=1S/C6H10N2O3/c1-3-4(9)7-6(11)8(2)5(3)10/h4,9-10H,1-2H3,(H,7,11). The maximum absolute atomic E-state index is 10.8. The molecule has 0 bridgehead atoms. The van der Waals surface area contributed by atoms with Crippen LogP contribution in [0.3, 0.4) is 0 Å². The summed E-state index contributed by atoms with van der Waals surface area (Å²) in [5, 5.41) is 20.5. The first-order valence-corrected chi connectivity index (χ1v) is 3.16. The fourth-order valence-electron chi connectivity index (χ4n) is 0.805. The van der Waals surface area contributed by atoms with E-state index in [2.05, 4.69) is 5.32 Å². The molecule has 0 aromatic heterocycles. The molecule has 0 spiro atoms. The van der Waals surface area contributed by atoms with Crippen molar-refractivity contribution in [2.75, 3.05) is 7.05 Å². The van der Waals surface area contributed by atoms with Gasteiger partial charge in [0.15, 0.2) is 12.1 Å². The zero-order valence-electron chi connectivity index (χ0n) is 6.33. The molecule has 0 fully saturated rings. The molecule has 1 atom stereocenters. The SMILES string of the molecule is CC1=C(O)N(C)C(=O)NC1O. The van der Waals surface area contributed by atoms with Gasteiger partial charge in [0.05, 0.1) is 0 Å². The summed E-state index contributed by atoms with van der Waals surface area (Å²) in [6.07, 6.45) is -1.07. The molecule has 1 aliphatic heterocycles. The summed E-state index contributed by atoms with van der Waals surface area (Å²) in [7, 11) is 1.42. The van der Waals surface area contributed by atoms with E-state index in [4.69, 9.17) is 5.11 Å². The van der Waals surface area contributed by atoms with Crippen molar-refractivity contribution in [2.45, 2.75) is 13.2 Å². The van der Waals surface area contributed by atoms with Gasteiger partial charge in [0.25, 0.3) is 0 Å². The van der Waals surface area contributed by atoms with Crippen LogP contribution >= 0.6 is 0 Å². The number of aliphatic hydroxyl groups is 2. The number of aliphatic hydroxyl groups excluding tert-OH is 2. The van der Waals surface area contributed by atoms with Crippen molar-refractivity contribution in [1.29, 1.82) is 0 Å². The van der Waals surface area contributed by atoms with E-state index in [9.17, 15) is 9.90 Å². The van der Waals surface area contributed by atoms with E-state index in [-0.39, 0.29) is 5.88 Å². The number of hydrogen-bond donors (Lipinski definition) is 3. The van der Waals surface area contributed by atoms with Crippen molar-refractivity contribution in [3.8, 4) is 0 Å². The first kappa shape index (κ1) is 7.87. The Bertz CT molecular complexity index is 224. The van der Waals surface area contributed by atoms with Crippen LogP contribution in [0, 0.1) is 0 Å². The predicted molar refractivity (Wildman–Crippen MR) is 37.6 cm³/mol.